The van der Waals surface area contributed by atoms with E-state index in [1.165, 1.54) is 24.3 Å². The van der Waals surface area contributed by atoms with Crippen molar-refractivity contribution in [2.24, 2.45) is 0 Å². The van der Waals surface area contributed by atoms with Gasteiger partial charge < -0.3 is 4.74 Å². The average molecular weight is 271 g/mol. The largest absolute Gasteiger partial charge is 0.416 e. The van der Waals surface area contributed by atoms with Crippen LogP contribution in [-0.4, -0.2) is 17.2 Å². The summed E-state index contributed by atoms with van der Waals surface area (Å²) in [4.78, 5) is 32.6. The van der Waals surface area contributed by atoms with Gasteiger partial charge in [-0.25, -0.2) is 4.79 Å². The normalized spacial score (nSPS) is 9.80. The molecule has 0 spiro atoms. The van der Waals surface area contributed by atoms with Crippen LogP contribution in [-0.2, 0) is 0 Å². The minimum Gasteiger partial charge on any atom is -0.416 e. The first-order chi connectivity index (χ1) is 9.61. The van der Waals surface area contributed by atoms with Gasteiger partial charge in [-0.15, -0.1) is 0 Å². The Labute approximate surface area is 113 Å². The Kier molecular flexibility index (Phi) is 3.85. The fraction of sp³-hybridized carbons (Fsp3) is 0. The standard InChI is InChI=1S/C14H9NO5/c16-9-10-6-7-13(12(8-10)15(18)19)20-14(17)11-4-2-1-3-5-11/h1-9H. The molecule has 0 saturated carbocycles. The zero-order valence-electron chi connectivity index (χ0n) is 10.2. The summed E-state index contributed by atoms with van der Waals surface area (Å²) in [6, 6.07) is 11.7. The molecule has 0 fully saturated rings. The second-order valence-electron chi connectivity index (χ2n) is 3.86. The maximum absolute atomic E-state index is 11.8. The molecule has 0 aromatic heterocycles. The Bertz CT molecular complexity index is 667. The molecule has 0 aliphatic rings. The molecule has 0 aliphatic heterocycles. The average Bonchev–Trinajstić information content (AvgIpc) is 2.48. The Balaban J connectivity index is 2.32. The predicted octanol–water partition coefficient (Wildman–Crippen LogP) is 2.63. The number of nitro benzene ring substituents is 1. The van der Waals surface area contributed by atoms with Crippen molar-refractivity contribution in [3.63, 3.8) is 0 Å². The third kappa shape index (κ3) is 2.86. The number of rotatable bonds is 4. The molecule has 0 saturated heterocycles. The molecule has 0 unspecified atom stereocenters. The summed E-state index contributed by atoms with van der Waals surface area (Å²) in [6.07, 6.45) is 0.482. The number of carbonyl (C=O) groups excluding carboxylic acids is 2. The number of aldehydes is 1. The van der Waals surface area contributed by atoms with Crippen LogP contribution in [0.15, 0.2) is 48.5 Å². The highest BCUT2D eigenvalue weighted by Gasteiger charge is 2.19. The van der Waals surface area contributed by atoms with E-state index in [0.717, 1.165) is 6.07 Å². The lowest BCUT2D eigenvalue weighted by Gasteiger charge is -2.05. The van der Waals surface area contributed by atoms with Crippen molar-refractivity contribution in [1.82, 2.24) is 0 Å². The van der Waals surface area contributed by atoms with E-state index < -0.39 is 16.6 Å². The van der Waals surface area contributed by atoms with E-state index in [2.05, 4.69) is 0 Å². The molecule has 0 N–H and O–H groups in total. The number of carbonyl (C=O) groups is 2. The number of esters is 1. The van der Waals surface area contributed by atoms with Gasteiger partial charge >= 0.3 is 11.7 Å². The lowest BCUT2D eigenvalue weighted by Crippen LogP contribution is -2.09. The zero-order valence-corrected chi connectivity index (χ0v) is 10.2. The summed E-state index contributed by atoms with van der Waals surface area (Å²) < 4.78 is 5.00. The van der Waals surface area contributed by atoms with Crippen LogP contribution in [0.25, 0.3) is 0 Å². The molecule has 20 heavy (non-hydrogen) atoms. The molecule has 0 atom stereocenters. The number of hydrogen-bond donors (Lipinski definition) is 0. The molecule has 0 amide bonds. The molecular weight excluding hydrogens is 262 g/mol. The molecule has 6 nitrogen and oxygen atoms in total. The van der Waals surface area contributed by atoms with Crippen LogP contribution in [0.4, 0.5) is 5.69 Å². The van der Waals surface area contributed by atoms with Crippen LogP contribution >= 0.6 is 0 Å². The van der Waals surface area contributed by atoms with Gasteiger partial charge in [-0.1, -0.05) is 18.2 Å². The molecule has 2 aromatic rings. The van der Waals surface area contributed by atoms with Crippen LogP contribution in [0, 0.1) is 10.1 Å². The van der Waals surface area contributed by atoms with Gasteiger partial charge in [-0.05, 0) is 24.3 Å². The van der Waals surface area contributed by atoms with E-state index in [9.17, 15) is 19.7 Å². The van der Waals surface area contributed by atoms with E-state index in [-0.39, 0.29) is 16.9 Å². The van der Waals surface area contributed by atoms with Crippen molar-refractivity contribution in [1.29, 1.82) is 0 Å². The number of nitrogens with zero attached hydrogens (tertiary/aromatic N) is 1. The molecule has 100 valence electrons. The number of benzene rings is 2. The fourth-order valence-corrected chi connectivity index (χ4v) is 1.57. The van der Waals surface area contributed by atoms with Gasteiger partial charge in [0.15, 0.2) is 0 Å². The van der Waals surface area contributed by atoms with Gasteiger partial charge in [0, 0.05) is 11.6 Å². The van der Waals surface area contributed by atoms with E-state index in [0.29, 0.717) is 6.29 Å². The molecular formula is C14H9NO5. The highest BCUT2D eigenvalue weighted by molar-refractivity contribution is 5.91. The van der Waals surface area contributed by atoms with Crippen LogP contribution in [0.1, 0.15) is 20.7 Å². The third-order valence-electron chi connectivity index (χ3n) is 2.53. The molecule has 0 bridgehead atoms. The fourth-order valence-electron chi connectivity index (χ4n) is 1.57. The van der Waals surface area contributed by atoms with Gasteiger partial charge in [0.1, 0.15) is 6.29 Å². The van der Waals surface area contributed by atoms with Crippen LogP contribution < -0.4 is 4.74 Å². The molecule has 6 heteroatoms. The first kappa shape index (κ1) is 13.4. The summed E-state index contributed by atoms with van der Waals surface area (Å²) in [6.45, 7) is 0. The quantitative estimate of drug-likeness (QED) is 0.280. The zero-order chi connectivity index (χ0) is 14.5. The predicted molar refractivity (Wildman–Crippen MR) is 69.9 cm³/mol. The van der Waals surface area contributed by atoms with Gasteiger partial charge in [0.05, 0.1) is 10.5 Å². The number of hydrogen-bond acceptors (Lipinski definition) is 5. The highest BCUT2D eigenvalue weighted by Crippen LogP contribution is 2.28. The Morgan fingerprint density at radius 1 is 1.15 bits per heavy atom. The monoisotopic (exact) mass is 271 g/mol. The lowest BCUT2D eigenvalue weighted by atomic mass is 10.2. The molecule has 0 radical (unpaired) electrons. The van der Waals surface area contributed by atoms with Gasteiger partial charge in [0.2, 0.25) is 5.75 Å². The summed E-state index contributed by atoms with van der Waals surface area (Å²) in [5.41, 5.74) is -0.0173. The number of nitro groups is 1. The van der Waals surface area contributed by atoms with Gasteiger partial charge in [-0.3, -0.25) is 14.9 Å². The second-order valence-corrected chi connectivity index (χ2v) is 3.86. The Hall–Kier alpha value is -3.02. The number of ether oxygens (including phenoxy) is 1. The van der Waals surface area contributed by atoms with E-state index in [1.807, 2.05) is 0 Å². The smallest absolute Gasteiger partial charge is 0.343 e. The molecule has 0 heterocycles. The molecule has 0 aliphatic carbocycles. The SMILES string of the molecule is O=Cc1ccc(OC(=O)c2ccccc2)c([N+](=O)[O-])c1. The topological polar surface area (TPSA) is 86.5 Å². The molecule has 2 rings (SSSR count). The highest BCUT2D eigenvalue weighted by atomic mass is 16.6. The Morgan fingerprint density at radius 2 is 1.85 bits per heavy atom. The lowest BCUT2D eigenvalue weighted by molar-refractivity contribution is -0.385. The minimum atomic E-state index is -0.708. The van der Waals surface area contributed by atoms with E-state index >= 15 is 0 Å². The second kappa shape index (κ2) is 5.75. The van der Waals surface area contributed by atoms with Crippen molar-refractivity contribution >= 4 is 17.9 Å². The summed E-state index contributed by atoms with van der Waals surface area (Å²) >= 11 is 0. The maximum Gasteiger partial charge on any atom is 0.343 e. The third-order valence-corrected chi connectivity index (χ3v) is 2.53. The first-order valence-corrected chi connectivity index (χ1v) is 5.62. The van der Waals surface area contributed by atoms with Crippen LogP contribution in [0.2, 0.25) is 0 Å². The van der Waals surface area contributed by atoms with E-state index in [1.54, 1.807) is 18.2 Å². The summed E-state index contributed by atoms with van der Waals surface area (Å²) in [7, 11) is 0. The summed E-state index contributed by atoms with van der Waals surface area (Å²) in [5.74, 6) is -0.901. The molecule has 2 aromatic carbocycles. The van der Waals surface area contributed by atoms with Crippen molar-refractivity contribution in [3.05, 3.63) is 69.8 Å². The van der Waals surface area contributed by atoms with Crippen LogP contribution in [0.5, 0.6) is 5.75 Å². The van der Waals surface area contributed by atoms with Gasteiger partial charge in [-0.2, -0.15) is 0 Å². The van der Waals surface area contributed by atoms with Crippen LogP contribution in [0.3, 0.4) is 0 Å². The van der Waals surface area contributed by atoms with Crippen molar-refractivity contribution in [3.8, 4) is 5.75 Å². The Morgan fingerprint density at radius 3 is 2.45 bits per heavy atom. The summed E-state index contributed by atoms with van der Waals surface area (Å²) in [5, 5.41) is 10.9. The van der Waals surface area contributed by atoms with E-state index in [4.69, 9.17) is 4.74 Å². The van der Waals surface area contributed by atoms with Crippen molar-refractivity contribution in [2.45, 2.75) is 0 Å². The maximum atomic E-state index is 11.8. The van der Waals surface area contributed by atoms with Gasteiger partial charge in [0.25, 0.3) is 0 Å². The first-order valence-electron chi connectivity index (χ1n) is 5.62. The van der Waals surface area contributed by atoms with Crippen molar-refractivity contribution in [2.75, 3.05) is 0 Å². The van der Waals surface area contributed by atoms with Crippen molar-refractivity contribution < 1.29 is 19.2 Å². The minimum absolute atomic E-state index is 0.135.